The van der Waals surface area contributed by atoms with Gasteiger partial charge in [0, 0.05) is 13.1 Å². The minimum absolute atomic E-state index is 0.284. The summed E-state index contributed by atoms with van der Waals surface area (Å²) in [7, 11) is 0. The quantitative estimate of drug-likeness (QED) is 0.481. The number of morpholine rings is 1. The molecule has 1 fully saturated rings. The molecular formula is C6H12ClNO. The normalized spacial score (nSPS) is 39.0. The summed E-state index contributed by atoms with van der Waals surface area (Å²) in [6, 6.07) is 0. The van der Waals surface area contributed by atoms with E-state index >= 15 is 0 Å². The first-order valence-electron chi connectivity index (χ1n) is 3.24. The maximum Gasteiger partial charge on any atom is 0.0691 e. The van der Waals surface area contributed by atoms with E-state index in [0.29, 0.717) is 0 Å². The standard InChI is InChI=1S/C6H12ClNO/c1-5-3-8(7)4-6(2)9-5/h5-6H,3-4H2,1-2H3. The van der Waals surface area contributed by atoms with E-state index in [0.717, 1.165) is 13.1 Å². The van der Waals surface area contributed by atoms with Crippen molar-refractivity contribution < 1.29 is 4.74 Å². The summed E-state index contributed by atoms with van der Waals surface area (Å²) in [6.45, 7) is 5.74. The van der Waals surface area contributed by atoms with Gasteiger partial charge in [-0.2, -0.15) is 0 Å². The van der Waals surface area contributed by atoms with Crippen molar-refractivity contribution in [1.29, 1.82) is 0 Å². The van der Waals surface area contributed by atoms with Crippen molar-refractivity contribution in [2.75, 3.05) is 13.1 Å². The van der Waals surface area contributed by atoms with E-state index < -0.39 is 0 Å². The summed E-state index contributed by atoms with van der Waals surface area (Å²) < 4.78 is 7.21. The molecule has 1 saturated heterocycles. The molecule has 0 aromatic heterocycles. The highest BCUT2D eigenvalue weighted by Gasteiger charge is 2.19. The summed E-state index contributed by atoms with van der Waals surface area (Å²) in [5.74, 6) is 0. The topological polar surface area (TPSA) is 12.5 Å². The van der Waals surface area contributed by atoms with Crippen molar-refractivity contribution >= 4 is 11.8 Å². The molecule has 54 valence electrons. The Bertz CT molecular complexity index is 74.0. The molecule has 0 N–H and O–H groups in total. The third-order valence-corrected chi connectivity index (χ3v) is 1.65. The summed E-state index contributed by atoms with van der Waals surface area (Å²) in [4.78, 5) is 0. The molecule has 3 heteroatoms. The lowest BCUT2D eigenvalue weighted by molar-refractivity contribution is -0.0437. The van der Waals surface area contributed by atoms with Crippen molar-refractivity contribution in [1.82, 2.24) is 4.42 Å². The molecular weight excluding hydrogens is 138 g/mol. The van der Waals surface area contributed by atoms with Gasteiger partial charge in [0.25, 0.3) is 0 Å². The van der Waals surface area contributed by atoms with Gasteiger partial charge in [-0.1, -0.05) is 0 Å². The SMILES string of the molecule is CC1CN(Cl)CC(C)O1. The Morgan fingerprint density at radius 1 is 1.33 bits per heavy atom. The van der Waals surface area contributed by atoms with Gasteiger partial charge in [-0.3, -0.25) is 0 Å². The first kappa shape index (κ1) is 7.32. The van der Waals surface area contributed by atoms with E-state index in [1.165, 1.54) is 0 Å². The van der Waals surface area contributed by atoms with Crippen molar-refractivity contribution in [2.45, 2.75) is 26.1 Å². The lowest BCUT2D eigenvalue weighted by Gasteiger charge is -2.30. The molecule has 9 heavy (non-hydrogen) atoms. The predicted molar refractivity (Wildman–Crippen MR) is 37.4 cm³/mol. The summed E-state index contributed by atoms with van der Waals surface area (Å²) >= 11 is 5.76. The van der Waals surface area contributed by atoms with Gasteiger partial charge >= 0.3 is 0 Å². The summed E-state index contributed by atoms with van der Waals surface area (Å²) in [6.07, 6.45) is 0.567. The van der Waals surface area contributed by atoms with Gasteiger partial charge in [0.15, 0.2) is 0 Å². The van der Waals surface area contributed by atoms with Crippen LogP contribution < -0.4 is 0 Å². The van der Waals surface area contributed by atoms with E-state index in [-0.39, 0.29) is 12.2 Å². The van der Waals surface area contributed by atoms with Gasteiger partial charge in [-0.15, -0.1) is 0 Å². The van der Waals surface area contributed by atoms with Gasteiger partial charge in [0.2, 0.25) is 0 Å². The van der Waals surface area contributed by atoms with Crippen molar-refractivity contribution in [3.05, 3.63) is 0 Å². The molecule has 1 aliphatic heterocycles. The fourth-order valence-electron chi connectivity index (χ4n) is 1.12. The molecule has 1 heterocycles. The predicted octanol–water partition coefficient (Wildman–Crippen LogP) is 1.25. The van der Waals surface area contributed by atoms with E-state index in [1.807, 2.05) is 13.8 Å². The molecule has 2 unspecified atom stereocenters. The Morgan fingerprint density at radius 2 is 1.78 bits per heavy atom. The Kier molecular flexibility index (Phi) is 2.33. The second-order valence-corrected chi connectivity index (χ2v) is 3.06. The molecule has 1 aliphatic rings. The monoisotopic (exact) mass is 149 g/mol. The average molecular weight is 150 g/mol. The van der Waals surface area contributed by atoms with Crippen LogP contribution in [0.5, 0.6) is 0 Å². The Morgan fingerprint density at radius 3 is 2.11 bits per heavy atom. The maximum absolute atomic E-state index is 5.76. The fraction of sp³-hybridized carbons (Fsp3) is 1.00. The van der Waals surface area contributed by atoms with E-state index in [1.54, 1.807) is 4.42 Å². The fourth-order valence-corrected chi connectivity index (χ4v) is 1.50. The smallest absolute Gasteiger partial charge is 0.0691 e. The van der Waals surface area contributed by atoms with Crippen LogP contribution in [0, 0.1) is 0 Å². The largest absolute Gasteiger partial charge is 0.373 e. The minimum atomic E-state index is 0.284. The highest BCUT2D eigenvalue weighted by molar-refractivity contribution is 6.13. The second-order valence-electron chi connectivity index (χ2n) is 2.59. The lowest BCUT2D eigenvalue weighted by Crippen LogP contribution is -2.40. The minimum Gasteiger partial charge on any atom is -0.373 e. The average Bonchev–Trinajstić information content (AvgIpc) is 1.59. The molecule has 0 amide bonds. The zero-order valence-electron chi connectivity index (χ0n) is 5.80. The zero-order valence-corrected chi connectivity index (χ0v) is 6.56. The third-order valence-electron chi connectivity index (χ3n) is 1.38. The number of ether oxygens (including phenoxy) is 1. The number of hydrogen-bond acceptors (Lipinski definition) is 2. The number of hydrogen-bond donors (Lipinski definition) is 0. The van der Waals surface area contributed by atoms with Crippen LogP contribution in [0.3, 0.4) is 0 Å². The van der Waals surface area contributed by atoms with Crippen LogP contribution >= 0.6 is 11.8 Å². The number of halogens is 1. The highest BCUT2D eigenvalue weighted by Crippen LogP contribution is 2.11. The van der Waals surface area contributed by atoms with Crippen LogP contribution in [-0.4, -0.2) is 29.7 Å². The van der Waals surface area contributed by atoms with Crippen LogP contribution in [0.4, 0.5) is 0 Å². The van der Waals surface area contributed by atoms with Crippen LogP contribution in [0.15, 0.2) is 0 Å². The Labute approximate surface area is 60.8 Å². The molecule has 0 saturated carbocycles. The van der Waals surface area contributed by atoms with E-state index in [9.17, 15) is 0 Å². The molecule has 2 nitrogen and oxygen atoms in total. The molecule has 0 aromatic carbocycles. The van der Waals surface area contributed by atoms with Gasteiger partial charge < -0.3 is 4.74 Å². The number of nitrogens with zero attached hydrogens (tertiary/aromatic N) is 1. The first-order chi connectivity index (χ1) is 4.18. The molecule has 1 rings (SSSR count). The van der Waals surface area contributed by atoms with Crippen molar-refractivity contribution in [3.8, 4) is 0 Å². The van der Waals surface area contributed by atoms with Crippen LogP contribution in [0.2, 0.25) is 0 Å². The van der Waals surface area contributed by atoms with Gasteiger partial charge in [0.1, 0.15) is 0 Å². The maximum atomic E-state index is 5.76. The molecule has 0 spiro atoms. The molecule has 0 aliphatic carbocycles. The highest BCUT2D eigenvalue weighted by atomic mass is 35.5. The zero-order chi connectivity index (χ0) is 6.85. The van der Waals surface area contributed by atoms with Gasteiger partial charge in [-0.25, -0.2) is 4.42 Å². The van der Waals surface area contributed by atoms with Crippen LogP contribution in [0.25, 0.3) is 0 Å². The van der Waals surface area contributed by atoms with Crippen LogP contribution in [-0.2, 0) is 4.74 Å². The Balaban J connectivity index is 2.34. The number of rotatable bonds is 0. The van der Waals surface area contributed by atoms with Crippen molar-refractivity contribution in [3.63, 3.8) is 0 Å². The lowest BCUT2D eigenvalue weighted by atomic mass is 10.3. The van der Waals surface area contributed by atoms with Crippen molar-refractivity contribution in [2.24, 2.45) is 0 Å². The summed E-state index contributed by atoms with van der Waals surface area (Å²) in [5.41, 5.74) is 0. The molecule has 0 bridgehead atoms. The first-order valence-corrected chi connectivity index (χ1v) is 3.58. The van der Waals surface area contributed by atoms with E-state index in [2.05, 4.69) is 0 Å². The third kappa shape index (κ3) is 2.12. The molecule has 2 atom stereocenters. The molecule has 0 radical (unpaired) electrons. The van der Waals surface area contributed by atoms with E-state index in [4.69, 9.17) is 16.5 Å². The van der Waals surface area contributed by atoms with Crippen LogP contribution in [0.1, 0.15) is 13.8 Å². The molecule has 0 aromatic rings. The van der Waals surface area contributed by atoms with Gasteiger partial charge in [0.05, 0.1) is 12.2 Å². The summed E-state index contributed by atoms with van der Waals surface area (Å²) in [5, 5.41) is 0. The Hall–Kier alpha value is 0.210. The van der Waals surface area contributed by atoms with Gasteiger partial charge in [-0.05, 0) is 25.6 Å². The second kappa shape index (κ2) is 2.86.